The summed E-state index contributed by atoms with van der Waals surface area (Å²) in [7, 11) is 1.62. The quantitative estimate of drug-likeness (QED) is 0.716. The van der Waals surface area contributed by atoms with Gasteiger partial charge < -0.3 is 10.1 Å². The summed E-state index contributed by atoms with van der Waals surface area (Å²) in [5.41, 5.74) is 2.54. The van der Waals surface area contributed by atoms with Gasteiger partial charge in [0.25, 0.3) is 0 Å². The number of nitrogens with zero attached hydrogens (tertiary/aromatic N) is 1. The number of carbonyl (C=O) groups excluding carboxylic acids is 1. The van der Waals surface area contributed by atoms with E-state index in [1.54, 1.807) is 19.2 Å². The van der Waals surface area contributed by atoms with Gasteiger partial charge in [-0.2, -0.15) is 0 Å². The molecule has 0 radical (unpaired) electrons. The number of ether oxygens (including phenoxy) is 1. The molecule has 128 valence electrons. The maximum atomic E-state index is 12.8. The van der Waals surface area contributed by atoms with E-state index < -0.39 is 0 Å². The largest absolute Gasteiger partial charge is 0.497 e. The van der Waals surface area contributed by atoms with Gasteiger partial charge >= 0.3 is 6.03 Å². The molecule has 1 aromatic heterocycles. The molecule has 25 heavy (non-hydrogen) atoms. The highest BCUT2D eigenvalue weighted by Crippen LogP contribution is 2.26. The van der Waals surface area contributed by atoms with Gasteiger partial charge in [0.15, 0.2) is 5.13 Å². The van der Waals surface area contributed by atoms with Crippen LogP contribution >= 0.6 is 11.3 Å². The van der Waals surface area contributed by atoms with Gasteiger partial charge in [-0.25, -0.2) is 14.2 Å². The minimum Gasteiger partial charge on any atom is -0.497 e. The molecule has 0 atom stereocenters. The molecule has 0 spiro atoms. The highest BCUT2D eigenvalue weighted by Gasteiger charge is 2.08. The van der Waals surface area contributed by atoms with E-state index >= 15 is 0 Å². The molecular weight excluding hydrogens is 341 g/mol. The van der Waals surface area contributed by atoms with Gasteiger partial charge in [-0.15, -0.1) is 11.3 Å². The van der Waals surface area contributed by atoms with Crippen molar-refractivity contribution in [1.29, 1.82) is 0 Å². The maximum absolute atomic E-state index is 12.8. The number of hydrogen-bond acceptors (Lipinski definition) is 4. The van der Waals surface area contributed by atoms with E-state index in [4.69, 9.17) is 4.74 Å². The minimum atomic E-state index is -0.361. The van der Waals surface area contributed by atoms with E-state index in [0.717, 1.165) is 22.6 Å². The molecule has 2 aromatic carbocycles. The predicted molar refractivity (Wildman–Crippen MR) is 96.4 cm³/mol. The van der Waals surface area contributed by atoms with E-state index in [0.29, 0.717) is 11.7 Å². The van der Waals surface area contributed by atoms with Crippen molar-refractivity contribution in [3.63, 3.8) is 0 Å². The summed E-state index contributed by atoms with van der Waals surface area (Å²) in [6.45, 7) is 0.308. The first-order valence-corrected chi connectivity index (χ1v) is 8.41. The standard InChI is InChI=1S/C18H16FN3O2S/c1-24-15-8-4-13(5-9-15)16-11-25-18(21-16)22-17(23)20-10-12-2-6-14(19)7-3-12/h2-9,11H,10H2,1H3,(H2,20,21,22,23). The number of hydrogen-bond donors (Lipinski definition) is 2. The molecule has 2 N–H and O–H groups in total. The molecular formula is C18H16FN3O2S. The second-order valence-corrected chi connectivity index (χ2v) is 6.06. The maximum Gasteiger partial charge on any atom is 0.321 e. The summed E-state index contributed by atoms with van der Waals surface area (Å²) < 4.78 is 18.0. The third-order valence-corrected chi connectivity index (χ3v) is 4.23. The number of benzene rings is 2. The van der Waals surface area contributed by atoms with Crippen molar-refractivity contribution in [2.75, 3.05) is 12.4 Å². The summed E-state index contributed by atoms with van der Waals surface area (Å²) in [5, 5.41) is 7.78. The number of aromatic nitrogens is 1. The van der Waals surface area contributed by atoms with Crippen molar-refractivity contribution < 1.29 is 13.9 Å². The molecule has 1 heterocycles. The van der Waals surface area contributed by atoms with Crippen LogP contribution in [0, 0.1) is 5.82 Å². The molecule has 2 amide bonds. The highest BCUT2D eigenvalue weighted by molar-refractivity contribution is 7.14. The Bertz CT molecular complexity index is 848. The Morgan fingerprint density at radius 1 is 1.16 bits per heavy atom. The van der Waals surface area contributed by atoms with Crippen LogP contribution < -0.4 is 15.4 Å². The lowest BCUT2D eigenvalue weighted by Crippen LogP contribution is -2.28. The van der Waals surface area contributed by atoms with Crippen LogP contribution in [0.5, 0.6) is 5.75 Å². The van der Waals surface area contributed by atoms with E-state index in [1.807, 2.05) is 29.6 Å². The topological polar surface area (TPSA) is 63.2 Å². The second-order valence-electron chi connectivity index (χ2n) is 5.20. The summed E-state index contributed by atoms with van der Waals surface area (Å²) in [6, 6.07) is 13.1. The molecule has 3 rings (SSSR count). The third-order valence-electron chi connectivity index (χ3n) is 3.48. The molecule has 0 aliphatic heterocycles. The van der Waals surface area contributed by atoms with Gasteiger partial charge in [-0.3, -0.25) is 5.32 Å². The van der Waals surface area contributed by atoms with Crippen molar-refractivity contribution in [1.82, 2.24) is 10.3 Å². The summed E-state index contributed by atoms with van der Waals surface area (Å²) >= 11 is 1.34. The molecule has 7 heteroatoms. The van der Waals surface area contributed by atoms with Gasteiger partial charge in [0.05, 0.1) is 12.8 Å². The number of nitrogens with one attached hydrogen (secondary N) is 2. The van der Waals surface area contributed by atoms with Crippen molar-refractivity contribution in [2.45, 2.75) is 6.54 Å². The predicted octanol–water partition coefficient (Wildman–Crippen LogP) is 4.28. The van der Waals surface area contributed by atoms with Crippen molar-refractivity contribution >= 4 is 22.5 Å². The lowest BCUT2D eigenvalue weighted by molar-refractivity contribution is 0.251. The molecule has 0 aliphatic carbocycles. The van der Waals surface area contributed by atoms with Gasteiger partial charge in [-0.05, 0) is 42.0 Å². The van der Waals surface area contributed by atoms with Crippen molar-refractivity contribution in [3.05, 3.63) is 65.3 Å². The van der Waals surface area contributed by atoms with E-state index in [1.165, 1.54) is 23.5 Å². The first-order chi connectivity index (χ1) is 12.1. The molecule has 0 bridgehead atoms. The zero-order valence-corrected chi connectivity index (χ0v) is 14.3. The van der Waals surface area contributed by atoms with E-state index in [-0.39, 0.29) is 11.8 Å². The third kappa shape index (κ3) is 4.54. The smallest absolute Gasteiger partial charge is 0.321 e. The fraction of sp³-hybridized carbons (Fsp3) is 0.111. The van der Waals surface area contributed by atoms with Crippen LogP contribution in [-0.4, -0.2) is 18.1 Å². The Morgan fingerprint density at radius 3 is 2.56 bits per heavy atom. The first kappa shape index (κ1) is 16.9. The molecule has 0 aliphatic rings. The van der Waals surface area contributed by atoms with Crippen LogP contribution in [0.25, 0.3) is 11.3 Å². The summed E-state index contributed by atoms with van der Waals surface area (Å²) in [6.07, 6.45) is 0. The van der Waals surface area contributed by atoms with Crippen LogP contribution in [-0.2, 0) is 6.54 Å². The number of thiazole rings is 1. The number of anilines is 1. The number of rotatable bonds is 5. The fourth-order valence-electron chi connectivity index (χ4n) is 2.15. The van der Waals surface area contributed by atoms with E-state index in [2.05, 4.69) is 15.6 Å². The Kier molecular flexibility index (Phi) is 5.25. The Hall–Kier alpha value is -2.93. The summed E-state index contributed by atoms with van der Waals surface area (Å²) in [5.74, 6) is 0.472. The van der Waals surface area contributed by atoms with Gasteiger partial charge in [0.1, 0.15) is 11.6 Å². The van der Waals surface area contributed by atoms with Crippen LogP contribution in [0.3, 0.4) is 0 Å². The molecule has 0 saturated heterocycles. The SMILES string of the molecule is COc1ccc(-c2csc(NC(=O)NCc3ccc(F)cc3)n2)cc1. The second kappa shape index (κ2) is 7.76. The number of halogens is 1. The van der Waals surface area contributed by atoms with E-state index in [9.17, 15) is 9.18 Å². The molecule has 0 unspecified atom stereocenters. The number of amides is 2. The van der Waals surface area contributed by atoms with Gasteiger partial charge in [0, 0.05) is 17.5 Å². The number of urea groups is 1. The van der Waals surface area contributed by atoms with Crippen LogP contribution in [0.4, 0.5) is 14.3 Å². The average Bonchev–Trinajstić information content (AvgIpc) is 3.10. The van der Waals surface area contributed by atoms with Crippen LogP contribution in [0.15, 0.2) is 53.9 Å². The van der Waals surface area contributed by atoms with Crippen molar-refractivity contribution in [3.8, 4) is 17.0 Å². The average molecular weight is 357 g/mol. The highest BCUT2D eigenvalue weighted by atomic mass is 32.1. The monoisotopic (exact) mass is 357 g/mol. The first-order valence-electron chi connectivity index (χ1n) is 7.53. The van der Waals surface area contributed by atoms with Crippen LogP contribution in [0.1, 0.15) is 5.56 Å². The van der Waals surface area contributed by atoms with Crippen LogP contribution in [0.2, 0.25) is 0 Å². The number of methoxy groups -OCH3 is 1. The Labute approximate surface area is 148 Å². The minimum absolute atomic E-state index is 0.304. The summed E-state index contributed by atoms with van der Waals surface area (Å²) in [4.78, 5) is 16.3. The zero-order chi connectivity index (χ0) is 17.6. The van der Waals surface area contributed by atoms with Crippen molar-refractivity contribution in [2.24, 2.45) is 0 Å². The lowest BCUT2D eigenvalue weighted by atomic mass is 10.2. The van der Waals surface area contributed by atoms with Gasteiger partial charge in [-0.1, -0.05) is 12.1 Å². The Morgan fingerprint density at radius 2 is 1.88 bits per heavy atom. The number of carbonyl (C=O) groups is 1. The molecule has 3 aromatic rings. The molecule has 5 nitrogen and oxygen atoms in total. The lowest BCUT2D eigenvalue weighted by Gasteiger charge is -2.05. The normalized spacial score (nSPS) is 10.3. The molecule has 0 saturated carbocycles. The fourth-order valence-corrected chi connectivity index (χ4v) is 2.87. The van der Waals surface area contributed by atoms with Gasteiger partial charge in [0.2, 0.25) is 0 Å². The Balaban J connectivity index is 1.56. The zero-order valence-electron chi connectivity index (χ0n) is 13.5. The molecule has 0 fully saturated rings.